The van der Waals surface area contributed by atoms with Crippen molar-refractivity contribution in [2.75, 3.05) is 7.11 Å². The number of carbonyl (C=O) groups is 1. The molecule has 2 aromatic heterocycles. The number of rotatable bonds is 10. The molecule has 1 aliphatic rings. The molecule has 0 unspecified atom stereocenters. The van der Waals surface area contributed by atoms with Crippen LogP contribution in [0.15, 0.2) is 58.8 Å². The molecular formula is C28H28ClFN2O4S2. The monoisotopic (exact) mass is 574 g/mol. The summed E-state index contributed by atoms with van der Waals surface area (Å²) in [5, 5.41) is 5.37. The molecule has 1 saturated carbocycles. The van der Waals surface area contributed by atoms with Crippen molar-refractivity contribution in [3.05, 3.63) is 75.8 Å². The fourth-order valence-corrected chi connectivity index (χ4v) is 7.98. The number of aromatic nitrogens is 2. The average Bonchev–Trinajstić information content (AvgIpc) is 3.62. The molecule has 2 heterocycles. The molecule has 5 rings (SSSR count). The quantitative estimate of drug-likeness (QED) is 0.218. The number of benzene rings is 2. The number of carbonyl (C=O) groups excluding carboxylic acids is 1. The lowest BCUT2D eigenvalue weighted by Gasteiger charge is -2.09. The smallest absolute Gasteiger partial charge is 0.193 e. The Hall–Kier alpha value is -2.75. The van der Waals surface area contributed by atoms with Crippen LogP contribution in [-0.2, 0) is 33.4 Å². The van der Waals surface area contributed by atoms with E-state index in [1.165, 1.54) is 6.07 Å². The van der Waals surface area contributed by atoms with Gasteiger partial charge in [-0.1, -0.05) is 41.9 Å². The SMILES string of the molecule is COc1cccc2c1c(CS(=O)(=O)c1ccc(Cl)s1)nn2Cc1cccc(CCC(=O)[C@H]2CC[C@@H](F)C2)c1. The van der Waals surface area contributed by atoms with Crippen molar-refractivity contribution in [2.45, 2.75) is 54.8 Å². The van der Waals surface area contributed by atoms with Crippen LogP contribution in [0.2, 0.25) is 4.34 Å². The first-order valence-electron chi connectivity index (χ1n) is 12.5. The predicted molar refractivity (Wildman–Crippen MR) is 148 cm³/mol. The highest BCUT2D eigenvalue weighted by Crippen LogP contribution is 2.34. The molecule has 10 heteroatoms. The summed E-state index contributed by atoms with van der Waals surface area (Å²) in [6, 6.07) is 16.6. The van der Waals surface area contributed by atoms with E-state index in [2.05, 4.69) is 0 Å². The van der Waals surface area contributed by atoms with Crippen LogP contribution < -0.4 is 4.74 Å². The minimum atomic E-state index is -3.65. The van der Waals surface area contributed by atoms with Crippen molar-refractivity contribution >= 4 is 49.5 Å². The molecule has 0 amide bonds. The molecule has 0 spiro atoms. The fourth-order valence-electron chi connectivity index (χ4n) is 5.13. The molecule has 6 nitrogen and oxygen atoms in total. The van der Waals surface area contributed by atoms with Crippen LogP contribution in [0.4, 0.5) is 4.39 Å². The summed E-state index contributed by atoms with van der Waals surface area (Å²) in [5.41, 5.74) is 3.18. The number of nitrogens with zero attached hydrogens (tertiary/aromatic N) is 2. The van der Waals surface area contributed by atoms with Crippen molar-refractivity contribution in [3.8, 4) is 5.75 Å². The third-order valence-electron chi connectivity index (χ3n) is 7.02. The van der Waals surface area contributed by atoms with Gasteiger partial charge in [0, 0.05) is 12.3 Å². The average molecular weight is 575 g/mol. The van der Waals surface area contributed by atoms with E-state index in [-0.39, 0.29) is 21.7 Å². The fraction of sp³-hybridized carbons (Fsp3) is 0.357. The maximum Gasteiger partial charge on any atom is 0.193 e. The molecule has 2 aromatic carbocycles. The lowest BCUT2D eigenvalue weighted by molar-refractivity contribution is -0.122. The van der Waals surface area contributed by atoms with Crippen LogP contribution in [0.25, 0.3) is 10.9 Å². The molecule has 0 radical (unpaired) electrons. The van der Waals surface area contributed by atoms with Crippen molar-refractivity contribution in [2.24, 2.45) is 5.92 Å². The largest absolute Gasteiger partial charge is 0.496 e. The van der Waals surface area contributed by atoms with Crippen molar-refractivity contribution in [3.63, 3.8) is 0 Å². The zero-order valence-electron chi connectivity index (χ0n) is 20.9. The van der Waals surface area contributed by atoms with E-state index < -0.39 is 16.0 Å². The number of halogens is 2. The number of sulfone groups is 1. The van der Waals surface area contributed by atoms with Gasteiger partial charge >= 0.3 is 0 Å². The summed E-state index contributed by atoms with van der Waals surface area (Å²) in [6.45, 7) is 0.419. The summed E-state index contributed by atoms with van der Waals surface area (Å²) in [5.74, 6) is 0.256. The number of hydrogen-bond acceptors (Lipinski definition) is 6. The Kier molecular flexibility index (Phi) is 7.88. The number of Topliss-reactive ketones (excluding diaryl/α,β-unsaturated/α-hetero) is 1. The normalized spacial score (nSPS) is 17.8. The summed E-state index contributed by atoms with van der Waals surface area (Å²) in [4.78, 5) is 12.5. The van der Waals surface area contributed by atoms with E-state index in [1.807, 2.05) is 36.4 Å². The number of alkyl halides is 1. The van der Waals surface area contributed by atoms with Crippen LogP contribution in [0, 0.1) is 5.92 Å². The second-order valence-corrected chi connectivity index (χ2v) is 13.6. The summed E-state index contributed by atoms with van der Waals surface area (Å²) in [6.07, 6.45) is 1.63. The molecule has 0 bridgehead atoms. The van der Waals surface area contributed by atoms with Crippen molar-refractivity contribution in [1.29, 1.82) is 0 Å². The van der Waals surface area contributed by atoms with Gasteiger partial charge in [0.15, 0.2) is 9.84 Å². The van der Waals surface area contributed by atoms with Gasteiger partial charge in [-0.05, 0) is 61.1 Å². The van der Waals surface area contributed by atoms with Gasteiger partial charge in [0.25, 0.3) is 0 Å². The van der Waals surface area contributed by atoms with Gasteiger partial charge in [0.1, 0.15) is 27.7 Å². The first-order chi connectivity index (χ1) is 18.2. The van der Waals surface area contributed by atoms with Gasteiger partial charge in [-0.15, -0.1) is 11.3 Å². The van der Waals surface area contributed by atoms with Gasteiger partial charge in [0.2, 0.25) is 0 Å². The number of thiophene rings is 1. The van der Waals surface area contributed by atoms with Gasteiger partial charge in [0.05, 0.1) is 34.6 Å². The lowest BCUT2D eigenvalue weighted by Crippen LogP contribution is -2.12. The third kappa shape index (κ3) is 5.80. The standard InChI is InChI=1S/C28H28ClFN2O4S2/c1-36-25-7-3-6-23-28(25)22(17-38(34,35)27-13-12-26(29)37-27)31-32(23)16-19-5-2-4-18(14-19)8-11-24(33)20-9-10-21(30)15-20/h2-7,12-14,20-21H,8-11,15-17H2,1H3/t20-,21+/m0/s1. The Morgan fingerprint density at radius 2 is 1.95 bits per heavy atom. The van der Waals surface area contributed by atoms with Crippen LogP contribution in [0.3, 0.4) is 0 Å². The van der Waals surface area contributed by atoms with Crippen LogP contribution in [0.1, 0.15) is 42.5 Å². The molecule has 200 valence electrons. The topological polar surface area (TPSA) is 78.3 Å². The zero-order chi connectivity index (χ0) is 26.9. The van der Waals surface area contributed by atoms with Crippen LogP contribution in [-0.4, -0.2) is 37.3 Å². The predicted octanol–water partition coefficient (Wildman–Crippen LogP) is 6.42. The maximum atomic E-state index is 13.5. The molecule has 38 heavy (non-hydrogen) atoms. The molecule has 0 saturated heterocycles. The first-order valence-corrected chi connectivity index (χ1v) is 15.3. The summed E-state index contributed by atoms with van der Waals surface area (Å²) in [7, 11) is -2.10. The Balaban J connectivity index is 1.39. The number of methoxy groups -OCH3 is 1. The third-order valence-corrected chi connectivity index (χ3v) is 10.5. The Morgan fingerprint density at radius 1 is 1.16 bits per heavy atom. The molecule has 2 atom stereocenters. The van der Waals surface area contributed by atoms with Gasteiger partial charge < -0.3 is 4.74 Å². The number of aryl methyl sites for hydroxylation is 1. The maximum absolute atomic E-state index is 13.5. The summed E-state index contributed by atoms with van der Waals surface area (Å²) < 4.78 is 47.7. The minimum Gasteiger partial charge on any atom is -0.496 e. The highest BCUT2D eigenvalue weighted by Gasteiger charge is 2.29. The van der Waals surface area contributed by atoms with E-state index in [0.717, 1.165) is 28.0 Å². The minimum absolute atomic E-state index is 0.138. The Bertz CT molecular complexity index is 1580. The second kappa shape index (κ2) is 11.2. The highest BCUT2D eigenvalue weighted by atomic mass is 35.5. The molecule has 1 fully saturated rings. The first kappa shape index (κ1) is 26.8. The Morgan fingerprint density at radius 3 is 2.66 bits per heavy atom. The number of ketones is 1. The lowest BCUT2D eigenvalue weighted by atomic mass is 9.96. The van der Waals surface area contributed by atoms with Gasteiger partial charge in [-0.2, -0.15) is 5.10 Å². The number of hydrogen-bond donors (Lipinski definition) is 0. The molecule has 0 N–H and O–H groups in total. The Labute approximate surface area is 230 Å². The van der Waals surface area contributed by atoms with E-state index in [1.54, 1.807) is 23.9 Å². The van der Waals surface area contributed by atoms with Crippen molar-refractivity contribution < 1.29 is 22.3 Å². The summed E-state index contributed by atoms with van der Waals surface area (Å²) >= 11 is 7.00. The molecule has 0 aliphatic heterocycles. The van der Waals surface area contributed by atoms with E-state index in [4.69, 9.17) is 21.4 Å². The second-order valence-electron chi connectivity index (χ2n) is 9.67. The van der Waals surface area contributed by atoms with Crippen molar-refractivity contribution in [1.82, 2.24) is 9.78 Å². The van der Waals surface area contributed by atoms with E-state index in [9.17, 15) is 17.6 Å². The van der Waals surface area contributed by atoms with E-state index in [0.29, 0.717) is 59.8 Å². The molecule has 4 aromatic rings. The highest BCUT2D eigenvalue weighted by molar-refractivity contribution is 7.92. The van der Waals surface area contributed by atoms with Gasteiger partial charge in [-0.3, -0.25) is 9.48 Å². The molecule has 1 aliphatic carbocycles. The van der Waals surface area contributed by atoms with Gasteiger partial charge in [-0.25, -0.2) is 12.8 Å². The number of ether oxygens (including phenoxy) is 1. The van der Waals surface area contributed by atoms with Crippen LogP contribution in [0.5, 0.6) is 5.75 Å². The van der Waals surface area contributed by atoms with Crippen LogP contribution >= 0.6 is 22.9 Å². The zero-order valence-corrected chi connectivity index (χ0v) is 23.3. The molecular weight excluding hydrogens is 547 g/mol. The number of fused-ring (bicyclic) bond motifs is 1. The van der Waals surface area contributed by atoms with E-state index >= 15 is 0 Å².